The van der Waals surface area contributed by atoms with Gasteiger partial charge in [0.2, 0.25) is 0 Å². The van der Waals surface area contributed by atoms with E-state index in [2.05, 4.69) is 0 Å². The summed E-state index contributed by atoms with van der Waals surface area (Å²) in [5.41, 5.74) is 9.86. The molecule has 0 spiro atoms. The lowest BCUT2D eigenvalue weighted by molar-refractivity contribution is -0.635. The normalized spacial score (nSPS) is 22.0. The van der Waals surface area contributed by atoms with Crippen LogP contribution in [-0.4, -0.2) is 46.9 Å². The molecule has 2 fully saturated rings. The molecular weight excluding hydrogens is 204 g/mol. The molecule has 5 nitrogen and oxygen atoms in total. The molecule has 2 saturated heterocycles. The van der Waals surface area contributed by atoms with Crippen molar-refractivity contribution in [2.24, 2.45) is 0 Å². The SMILES string of the molecule is [N-]=[N+](C(=O)N1CCCCC1)N1CCCCC1. The van der Waals surface area contributed by atoms with Gasteiger partial charge >= 0.3 is 6.03 Å². The Balaban J connectivity index is 1.89. The van der Waals surface area contributed by atoms with Crippen molar-refractivity contribution in [1.29, 1.82) is 0 Å². The van der Waals surface area contributed by atoms with Crippen molar-refractivity contribution in [2.45, 2.75) is 38.5 Å². The molecule has 0 N–H and O–H groups in total. The lowest BCUT2D eigenvalue weighted by atomic mass is 10.1. The van der Waals surface area contributed by atoms with Gasteiger partial charge < -0.3 is 5.01 Å². The summed E-state index contributed by atoms with van der Waals surface area (Å²) in [4.78, 5) is 14.5. The molecule has 2 heterocycles. The van der Waals surface area contributed by atoms with Crippen LogP contribution in [-0.2, 0) is 0 Å². The van der Waals surface area contributed by atoms with E-state index in [1.165, 1.54) is 12.8 Å². The van der Waals surface area contributed by atoms with Crippen molar-refractivity contribution in [3.8, 4) is 0 Å². The maximum atomic E-state index is 12.0. The third kappa shape index (κ3) is 2.51. The number of hydrogen-bond acceptors (Lipinski definition) is 1. The summed E-state index contributed by atoms with van der Waals surface area (Å²) in [6.45, 7) is 3.14. The van der Waals surface area contributed by atoms with E-state index in [1.54, 1.807) is 9.91 Å². The van der Waals surface area contributed by atoms with Crippen molar-refractivity contribution in [1.82, 2.24) is 9.91 Å². The molecule has 2 aliphatic rings. The van der Waals surface area contributed by atoms with Gasteiger partial charge in [0, 0.05) is 0 Å². The minimum absolute atomic E-state index is 0.249. The third-order valence-electron chi connectivity index (χ3n) is 3.40. The maximum Gasteiger partial charge on any atom is 0.503 e. The van der Waals surface area contributed by atoms with Gasteiger partial charge in [-0.25, -0.2) is 4.90 Å². The van der Waals surface area contributed by atoms with Crippen molar-refractivity contribution in [3.63, 3.8) is 0 Å². The fourth-order valence-electron chi connectivity index (χ4n) is 2.40. The molecule has 90 valence electrons. The van der Waals surface area contributed by atoms with Crippen molar-refractivity contribution in [2.75, 3.05) is 26.2 Å². The molecule has 0 aromatic rings. The summed E-state index contributed by atoms with van der Waals surface area (Å²) in [7, 11) is 0. The van der Waals surface area contributed by atoms with Crippen LogP contribution in [0.25, 0.3) is 5.53 Å². The zero-order valence-electron chi connectivity index (χ0n) is 9.77. The Bertz CT molecular complexity index is 239. The first-order chi connectivity index (χ1) is 7.79. The number of nitrogens with zero attached hydrogens (tertiary/aromatic N) is 4. The van der Waals surface area contributed by atoms with E-state index in [0.717, 1.165) is 56.7 Å². The fraction of sp³-hybridized carbons (Fsp3) is 0.909. The Hall–Kier alpha value is -1.13. The van der Waals surface area contributed by atoms with Crippen molar-refractivity contribution < 1.29 is 9.60 Å². The lowest BCUT2D eigenvalue weighted by Gasteiger charge is -2.34. The predicted octanol–water partition coefficient (Wildman–Crippen LogP) is 2.03. The summed E-state index contributed by atoms with van der Waals surface area (Å²) in [6, 6.07) is -0.249. The standard InChI is InChI=1S/C11H20N4O/c12-15(14-9-5-2-6-10-14)11(16)13-7-3-1-4-8-13/h1-10H2. The van der Waals surface area contributed by atoms with Crippen LogP contribution in [0.1, 0.15) is 38.5 Å². The first-order valence-corrected chi connectivity index (χ1v) is 6.32. The first kappa shape index (κ1) is 11.4. The molecule has 5 heteroatoms. The Morgan fingerprint density at radius 2 is 1.38 bits per heavy atom. The van der Waals surface area contributed by atoms with Crippen LogP contribution in [0.4, 0.5) is 4.79 Å². The number of hydrazine groups is 1. The van der Waals surface area contributed by atoms with Gasteiger partial charge in [0.25, 0.3) is 0 Å². The highest BCUT2D eigenvalue weighted by Crippen LogP contribution is 2.13. The molecular formula is C11H20N4O. The van der Waals surface area contributed by atoms with Crippen molar-refractivity contribution in [3.05, 3.63) is 5.53 Å². The lowest BCUT2D eigenvalue weighted by Crippen LogP contribution is -2.48. The quantitative estimate of drug-likeness (QED) is 0.505. The van der Waals surface area contributed by atoms with E-state index in [9.17, 15) is 10.3 Å². The molecule has 2 rings (SSSR count). The Morgan fingerprint density at radius 3 is 1.94 bits per heavy atom. The van der Waals surface area contributed by atoms with Crippen molar-refractivity contribution >= 4 is 6.03 Å². The number of hydrogen-bond donors (Lipinski definition) is 0. The highest BCUT2D eigenvalue weighted by molar-refractivity contribution is 5.64. The van der Waals surface area contributed by atoms with E-state index in [1.807, 2.05) is 0 Å². The van der Waals surface area contributed by atoms with Crippen LogP contribution < -0.4 is 0 Å². The number of urea groups is 1. The molecule has 0 unspecified atom stereocenters. The highest BCUT2D eigenvalue weighted by atomic mass is 16.2. The largest absolute Gasteiger partial charge is 0.503 e. The monoisotopic (exact) mass is 224 g/mol. The van der Waals surface area contributed by atoms with Gasteiger partial charge in [-0.2, -0.15) is 9.60 Å². The van der Waals surface area contributed by atoms with Crippen LogP contribution in [0.15, 0.2) is 0 Å². The number of rotatable bonds is 1. The molecule has 16 heavy (non-hydrogen) atoms. The number of carbonyl (C=O) groups is 1. The Kier molecular flexibility index (Phi) is 3.74. The number of amides is 2. The van der Waals surface area contributed by atoms with Gasteiger partial charge in [-0.3, -0.25) is 5.53 Å². The van der Waals surface area contributed by atoms with Crippen LogP contribution in [0.3, 0.4) is 0 Å². The van der Waals surface area contributed by atoms with Gasteiger partial charge in [-0.05, 0) is 32.4 Å². The molecule has 0 atom stereocenters. The molecule has 0 bridgehead atoms. The molecule has 2 aliphatic heterocycles. The fourth-order valence-corrected chi connectivity index (χ4v) is 2.40. The van der Waals surface area contributed by atoms with E-state index in [0.29, 0.717) is 0 Å². The van der Waals surface area contributed by atoms with Crippen LogP contribution in [0.2, 0.25) is 0 Å². The third-order valence-corrected chi connectivity index (χ3v) is 3.40. The average molecular weight is 224 g/mol. The Morgan fingerprint density at radius 1 is 0.875 bits per heavy atom. The van der Waals surface area contributed by atoms with Crippen LogP contribution >= 0.6 is 0 Å². The van der Waals surface area contributed by atoms with Crippen LogP contribution in [0, 0.1) is 0 Å². The maximum absolute atomic E-state index is 12.0. The number of piperidine rings is 2. The number of likely N-dealkylation sites (tertiary alicyclic amines) is 1. The highest BCUT2D eigenvalue weighted by Gasteiger charge is 2.27. The van der Waals surface area contributed by atoms with Gasteiger partial charge in [0.1, 0.15) is 0 Å². The van der Waals surface area contributed by atoms with Crippen LogP contribution in [0.5, 0.6) is 0 Å². The second kappa shape index (κ2) is 5.27. The summed E-state index contributed by atoms with van der Waals surface area (Å²) < 4.78 is 0. The molecule has 0 aliphatic carbocycles. The summed E-state index contributed by atoms with van der Waals surface area (Å²) in [5.74, 6) is 0. The van der Waals surface area contributed by atoms with E-state index in [-0.39, 0.29) is 6.03 Å². The summed E-state index contributed by atoms with van der Waals surface area (Å²) in [6.07, 6.45) is 6.62. The molecule has 0 aromatic carbocycles. The molecule has 0 radical (unpaired) electrons. The summed E-state index contributed by atoms with van der Waals surface area (Å²) in [5, 5.41) is 1.75. The first-order valence-electron chi connectivity index (χ1n) is 6.32. The second-order valence-corrected chi connectivity index (χ2v) is 4.63. The minimum Gasteiger partial charge on any atom is -0.339 e. The zero-order valence-corrected chi connectivity index (χ0v) is 9.77. The predicted molar refractivity (Wildman–Crippen MR) is 59.9 cm³/mol. The second-order valence-electron chi connectivity index (χ2n) is 4.63. The van der Waals surface area contributed by atoms with E-state index < -0.39 is 0 Å². The topological polar surface area (TPSA) is 48.9 Å². The van der Waals surface area contributed by atoms with Gasteiger partial charge in [-0.1, -0.05) is 19.3 Å². The zero-order chi connectivity index (χ0) is 11.4. The van der Waals surface area contributed by atoms with Gasteiger partial charge in [0.05, 0.1) is 13.1 Å². The molecule has 0 aromatic heterocycles. The number of carbonyl (C=O) groups excluding carboxylic acids is 1. The smallest absolute Gasteiger partial charge is 0.339 e. The van der Waals surface area contributed by atoms with E-state index in [4.69, 9.17) is 0 Å². The average Bonchev–Trinajstić information content (AvgIpc) is 2.39. The molecule has 0 saturated carbocycles. The summed E-state index contributed by atoms with van der Waals surface area (Å²) >= 11 is 0. The van der Waals surface area contributed by atoms with E-state index >= 15 is 0 Å². The minimum atomic E-state index is -0.249. The Labute approximate surface area is 96.5 Å². The van der Waals surface area contributed by atoms with Gasteiger partial charge in [0.15, 0.2) is 0 Å². The van der Waals surface area contributed by atoms with Gasteiger partial charge in [-0.15, -0.1) is 0 Å². The molecule has 2 amide bonds.